The van der Waals surface area contributed by atoms with E-state index in [9.17, 15) is 4.79 Å². The molecule has 0 saturated carbocycles. The molecule has 1 aliphatic carbocycles. The molecule has 31 heavy (non-hydrogen) atoms. The van der Waals surface area contributed by atoms with Crippen LogP contribution in [-0.2, 0) is 6.42 Å². The lowest BCUT2D eigenvalue weighted by atomic mass is 9.97. The second-order valence-electron chi connectivity index (χ2n) is 8.72. The van der Waals surface area contributed by atoms with Gasteiger partial charge in [0, 0.05) is 25.2 Å². The highest BCUT2D eigenvalue weighted by Crippen LogP contribution is 2.36. The molecule has 0 unspecified atom stereocenters. The molecule has 3 nitrogen and oxygen atoms in total. The Labute approximate surface area is 186 Å². The summed E-state index contributed by atoms with van der Waals surface area (Å²) in [5.41, 5.74) is 7.81. The summed E-state index contributed by atoms with van der Waals surface area (Å²) < 4.78 is 1.01. The van der Waals surface area contributed by atoms with Crippen molar-refractivity contribution >= 4 is 19.1 Å². The molecule has 158 valence electrons. The van der Waals surface area contributed by atoms with Crippen LogP contribution in [0.1, 0.15) is 21.5 Å². The second kappa shape index (κ2) is 8.45. The SMILES string of the molecule is O=C(C[N+]12CCN(CC1)CC2)c1ccc2c(c1)Cc1ccccc1-2.[BH3-]c1ccccc1. The van der Waals surface area contributed by atoms with Gasteiger partial charge in [-0.3, -0.25) is 9.69 Å². The van der Waals surface area contributed by atoms with E-state index in [2.05, 4.69) is 71.6 Å². The first-order valence-electron chi connectivity index (χ1n) is 11.0. The largest absolute Gasteiger partial charge is 0.314 e. The Balaban J connectivity index is 0.000000250. The Morgan fingerprint density at radius 2 is 1.45 bits per heavy atom. The molecule has 0 N–H and O–H groups in total. The highest BCUT2D eigenvalue weighted by Gasteiger charge is 2.40. The van der Waals surface area contributed by atoms with E-state index in [0.29, 0.717) is 20.2 Å². The smallest absolute Gasteiger partial charge is 0.216 e. The molecule has 0 radical (unpaired) electrons. The third kappa shape index (κ3) is 4.23. The molecule has 3 aromatic rings. The summed E-state index contributed by atoms with van der Waals surface area (Å²) in [5, 5.41) is 0. The molecule has 4 aliphatic rings. The quantitative estimate of drug-likeness (QED) is 0.294. The molecular weight excluding hydrogens is 379 g/mol. The summed E-state index contributed by atoms with van der Waals surface area (Å²) in [6, 6.07) is 25.6. The molecular formula is C27H31BN2O. The Morgan fingerprint density at radius 3 is 2.13 bits per heavy atom. The zero-order valence-electron chi connectivity index (χ0n) is 17.4. The standard InChI is InChI=1S/C21H23N2O.C6H8B/c24-21(15-23-10-7-22(8-11-23)9-12-23)17-5-6-20-18(14-17)13-16-3-1-2-4-19(16)20;7-6-4-2-1-3-5-6/h1-6,14H,7-13,15H2;1-5H,7H3/q+1;-1. The van der Waals surface area contributed by atoms with Crippen LogP contribution in [0.2, 0.25) is 0 Å². The highest BCUT2D eigenvalue weighted by molar-refractivity contribution is 6.32. The lowest BCUT2D eigenvalue weighted by Gasteiger charge is -2.50. The van der Waals surface area contributed by atoms with E-state index >= 15 is 0 Å². The Kier molecular flexibility index (Phi) is 5.51. The van der Waals surface area contributed by atoms with E-state index in [-0.39, 0.29) is 0 Å². The molecule has 3 aromatic carbocycles. The molecule has 0 spiro atoms. The van der Waals surface area contributed by atoms with Crippen molar-refractivity contribution < 1.29 is 9.28 Å². The predicted molar refractivity (Wildman–Crippen MR) is 131 cm³/mol. The van der Waals surface area contributed by atoms with Crippen molar-refractivity contribution in [2.45, 2.75) is 6.42 Å². The number of benzene rings is 3. The third-order valence-electron chi connectivity index (χ3n) is 6.87. The van der Waals surface area contributed by atoms with Crippen LogP contribution in [0.3, 0.4) is 0 Å². The van der Waals surface area contributed by atoms with Crippen LogP contribution >= 0.6 is 0 Å². The Morgan fingerprint density at radius 1 is 0.806 bits per heavy atom. The monoisotopic (exact) mass is 410 g/mol. The van der Waals surface area contributed by atoms with Crippen LogP contribution in [0, 0.1) is 0 Å². The number of quaternary nitrogens is 1. The first-order chi connectivity index (χ1) is 15.1. The first kappa shape index (κ1) is 20.2. The average molecular weight is 410 g/mol. The van der Waals surface area contributed by atoms with Crippen LogP contribution in [-0.4, -0.2) is 68.8 Å². The molecule has 0 atom stereocenters. The van der Waals surface area contributed by atoms with Gasteiger partial charge >= 0.3 is 0 Å². The topological polar surface area (TPSA) is 20.3 Å². The van der Waals surface area contributed by atoms with Crippen LogP contribution in [0.15, 0.2) is 72.8 Å². The van der Waals surface area contributed by atoms with E-state index in [1.54, 1.807) is 5.46 Å². The van der Waals surface area contributed by atoms with Crippen LogP contribution in [0.4, 0.5) is 0 Å². The molecule has 3 fully saturated rings. The molecule has 7 rings (SSSR count). The third-order valence-corrected chi connectivity index (χ3v) is 6.87. The number of rotatable bonds is 3. The van der Waals surface area contributed by atoms with E-state index in [4.69, 9.17) is 0 Å². The van der Waals surface area contributed by atoms with Gasteiger partial charge in [0.2, 0.25) is 5.78 Å². The number of Topliss-reactive ketones (excluding diaryl/α,β-unsaturated/α-hetero) is 1. The second-order valence-corrected chi connectivity index (χ2v) is 8.72. The maximum Gasteiger partial charge on any atom is 0.216 e. The molecule has 3 heterocycles. The maximum absolute atomic E-state index is 12.9. The molecule has 2 bridgehead atoms. The minimum atomic E-state index is 0.323. The molecule has 0 amide bonds. The Hall–Kier alpha value is -2.69. The fourth-order valence-electron chi connectivity index (χ4n) is 5.03. The maximum atomic E-state index is 12.9. The van der Waals surface area contributed by atoms with Gasteiger partial charge in [0.1, 0.15) is 6.54 Å². The number of ketones is 1. The summed E-state index contributed by atoms with van der Waals surface area (Å²) in [7, 11) is 0.446. The summed E-state index contributed by atoms with van der Waals surface area (Å²) in [6.45, 7) is 7.58. The molecule has 0 aromatic heterocycles. The van der Waals surface area contributed by atoms with Gasteiger partial charge in [0.25, 0.3) is 0 Å². The van der Waals surface area contributed by atoms with Gasteiger partial charge < -0.3 is 4.48 Å². The number of piperazine rings is 3. The molecule has 4 heteroatoms. The predicted octanol–water partition coefficient (Wildman–Crippen LogP) is 2.26. The number of nitrogens with zero attached hydrogens (tertiary/aromatic N) is 2. The number of hydrogen-bond donors (Lipinski definition) is 0. The van der Waals surface area contributed by atoms with Crippen molar-refractivity contribution in [3.05, 3.63) is 89.5 Å². The Bertz CT molecular complexity index is 1070. The normalized spacial score (nSPS) is 22.8. The average Bonchev–Trinajstić information content (AvgIpc) is 3.19. The van der Waals surface area contributed by atoms with Crippen molar-refractivity contribution in [3.8, 4) is 11.1 Å². The number of fused-ring (bicyclic) bond motifs is 6. The van der Waals surface area contributed by atoms with Crippen molar-refractivity contribution in [2.75, 3.05) is 45.8 Å². The van der Waals surface area contributed by atoms with E-state index in [1.165, 1.54) is 22.3 Å². The van der Waals surface area contributed by atoms with Gasteiger partial charge in [-0.05, 0) is 42.6 Å². The van der Waals surface area contributed by atoms with E-state index in [0.717, 1.165) is 55.7 Å². The number of carbonyl (C=O) groups is 1. The number of carbonyl (C=O) groups excluding carboxylic acids is 1. The summed E-state index contributed by atoms with van der Waals surface area (Å²) in [4.78, 5) is 15.5. The zero-order valence-corrected chi connectivity index (χ0v) is 17.4. The summed E-state index contributed by atoms with van der Waals surface area (Å²) in [5.74, 6) is 0.323. The van der Waals surface area contributed by atoms with Gasteiger partial charge in [-0.2, -0.15) is 0 Å². The molecule has 3 aliphatic heterocycles. The van der Waals surface area contributed by atoms with Crippen molar-refractivity contribution in [1.82, 2.24) is 4.90 Å². The van der Waals surface area contributed by atoms with Crippen molar-refractivity contribution in [2.24, 2.45) is 0 Å². The van der Waals surface area contributed by atoms with Gasteiger partial charge in [-0.15, -0.1) is 0 Å². The first-order valence-corrected chi connectivity index (χ1v) is 11.0. The minimum Gasteiger partial charge on any atom is -0.314 e. The van der Waals surface area contributed by atoms with Gasteiger partial charge in [-0.25, -0.2) is 5.46 Å². The number of hydrogen-bond acceptors (Lipinski definition) is 2. The highest BCUT2D eigenvalue weighted by atomic mass is 16.1. The van der Waals surface area contributed by atoms with Gasteiger partial charge in [0.15, 0.2) is 0 Å². The van der Waals surface area contributed by atoms with Gasteiger partial charge in [-0.1, -0.05) is 66.7 Å². The van der Waals surface area contributed by atoms with Crippen LogP contribution in [0.25, 0.3) is 11.1 Å². The van der Waals surface area contributed by atoms with E-state index in [1.807, 2.05) is 6.07 Å². The lowest BCUT2D eigenvalue weighted by molar-refractivity contribution is -0.933. The van der Waals surface area contributed by atoms with Crippen LogP contribution in [0.5, 0.6) is 0 Å². The zero-order chi connectivity index (χ0) is 21.3. The summed E-state index contributed by atoms with van der Waals surface area (Å²) in [6.07, 6.45) is 0.960. The van der Waals surface area contributed by atoms with Crippen molar-refractivity contribution in [3.63, 3.8) is 0 Å². The molecule has 3 saturated heterocycles. The fraction of sp³-hybridized carbons (Fsp3) is 0.296. The lowest BCUT2D eigenvalue weighted by Crippen LogP contribution is -2.68. The van der Waals surface area contributed by atoms with E-state index < -0.39 is 0 Å². The fourth-order valence-corrected chi connectivity index (χ4v) is 5.03. The minimum absolute atomic E-state index is 0.323. The van der Waals surface area contributed by atoms with Crippen molar-refractivity contribution in [1.29, 1.82) is 0 Å². The van der Waals surface area contributed by atoms with Gasteiger partial charge in [0.05, 0.1) is 19.6 Å². The van der Waals surface area contributed by atoms with Crippen LogP contribution < -0.4 is 5.46 Å². The summed E-state index contributed by atoms with van der Waals surface area (Å²) >= 11 is 0.